The first kappa shape index (κ1) is 73.8. The van der Waals surface area contributed by atoms with Crippen molar-refractivity contribution in [2.45, 2.75) is 132 Å². The summed E-state index contributed by atoms with van der Waals surface area (Å²) in [5, 5.41) is 73.9. The SMILES string of the molecule is CC(C)C[C@H](NC(=O)CNC(=O)[C@H](CO)NC(=O)[C@H](CC(N)=O)NC(=O)[C@H](Cc1ccccc1)NC(=O)[C@H](CO)NC(=O)[C@H](Cc1ccc(O)cc1)NC(=O)[C@@H]1CCCN1C(=O)CNC(=O)[C@@H](N)CO)C(=O)N[C@H](C(=O)N[C@@H](Cc1ccccc1)C(N)=O)C(C)O. The fourth-order valence-electron chi connectivity index (χ4n) is 9.34. The van der Waals surface area contributed by atoms with Gasteiger partial charge in [0.2, 0.25) is 76.8 Å². The first-order chi connectivity index (χ1) is 43.1. The molecular formula is C59H82N14O18. The van der Waals surface area contributed by atoms with Crippen LogP contribution >= 0.6 is 0 Å². The van der Waals surface area contributed by atoms with Crippen LogP contribution in [0.3, 0.4) is 0 Å². The number of carbonyl (C=O) groups excluding carboxylic acids is 13. The van der Waals surface area contributed by atoms with Gasteiger partial charge in [-0.2, -0.15) is 0 Å². The summed E-state index contributed by atoms with van der Waals surface area (Å²) in [5.41, 5.74) is 18.0. The Morgan fingerprint density at radius 2 is 0.978 bits per heavy atom. The van der Waals surface area contributed by atoms with Crippen molar-refractivity contribution in [3.63, 3.8) is 0 Å². The van der Waals surface area contributed by atoms with Crippen molar-refractivity contribution in [3.8, 4) is 5.75 Å². The van der Waals surface area contributed by atoms with E-state index in [-0.39, 0.29) is 50.3 Å². The minimum atomic E-state index is -1.91. The maximum Gasteiger partial charge on any atom is 0.245 e. The van der Waals surface area contributed by atoms with Crippen LogP contribution in [0.4, 0.5) is 0 Å². The highest BCUT2D eigenvalue weighted by molar-refractivity contribution is 6.00. The molecule has 21 N–H and O–H groups in total. The zero-order valence-corrected chi connectivity index (χ0v) is 50.4. The predicted octanol–water partition coefficient (Wildman–Crippen LogP) is -7.39. The Morgan fingerprint density at radius 1 is 0.516 bits per heavy atom. The van der Waals surface area contributed by atoms with Crippen LogP contribution in [-0.4, -0.2) is 213 Å². The highest BCUT2D eigenvalue weighted by Gasteiger charge is 2.39. The molecule has 13 amide bonds. The number of benzene rings is 3. The van der Waals surface area contributed by atoms with Crippen LogP contribution in [0.15, 0.2) is 84.9 Å². The van der Waals surface area contributed by atoms with Crippen LogP contribution in [0.5, 0.6) is 5.75 Å². The van der Waals surface area contributed by atoms with E-state index < -0.39 is 183 Å². The Hall–Kier alpha value is -9.63. The second-order valence-corrected chi connectivity index (χ2v) is 22.0. The fourth-order valence-corrected chi connectivity index (χ4v) is 9.34. The van der Waals surface area contributed by atoms with Gasteiger partial charge in [0.1, 0.15) is 66.2 Å². The molecule has 0 bridgehead atoms. The number of phenols is 1. The number of nitrogens with zero attached hydrogens (tertiary/aromatic N) is 1. The molecule has 4 rings (SSSR count). The zero-order valence-electron chi connectivity index (χ0n) is 50.4. The van der Waals surface area contributed by atoms with E-state index in [0.29, 0.717) is 23.1 Å². The van der Waals surface area contributed by atoms with Crippen LogP contribution < -0.4 is 70.4 Å². The molecule has 0 radical (unpaired) electrons. The van der Waals surface area contributed by atoms with Crippen LogP contribution in [0.25, 0.3) is 0 Å². The summed E-state index contributed by atoms with van der Waals surface area (Å²) < 4.78 is 0. The predicted molar refractivity (Wildman–Crippen MR) is 322 cm³/mol. The van der Waals surface area contributed by atoms with Gasteiger partial charge in [-0.1, -0.05) is 86.6 Å². The molecule has 0 aromatic heterocycles. The number of likely N-dealkylation sites (tertiary alicyclic amines) is 1. The average molecular weight is 1280 g/mol. The van der Waals surface area contributed by atoms with Crippen molar-refractivity contribution in [1.29, 1.82) is 0 Å². The number of hydrogen-bond acceptors (Lipinski definition) is 19. The van der Waals surface area contributed by atoms with Crippen molar-refractivity contribution in [2.75, 3.05) is 39.5 Å². The van der Waals surface area contributed by atoms with E-state index >= 15 is 0 Å². The van der Waals surface area contributed by atoms with Crippen LogP contribution in [0.2, 0.25) is 0 Å². The molecule has 32 nitrogen and oxygen atoms in total. The summed E-state index contributed by atoms with van der Waals surface area (Å²) in [6.45, 7) is 0.384. The highest BCUT2D eigenvalue weighted by Crippen LogP contribution is 2.19. The van der Waals surface area contributed by atoms with Crippen LogP contribution in [0.1, 0.15) is 63.1 Å². The number of amides is 13. The number of aliphatic hydroxyl groups excluding tert-OH is 4. The molecule has 1 aliphatic rings. The van der Waals surface area contributed by atoms with Gasteiger partial charge in [0.15, 0.2) is 0 Å². The molecule has 1 unspecified atom stereocenters. The van der Waals surface area contributed by atoms with Crippen molar-refractivity contribution < 1.29 is 87.9 Å². The summed E-state index contributed by atoms with van der Waals surface area (Å²) in [6.07, 6.45) is -2.56. The first-order valence-corrected chi connectivity index (χ1v) is 29.1. The molecule has 1 fully saturated rings. The average Bonchev–Trinajstić information content (AvgIpc) is 2.07. The number of aliphatic hydroxyl groups is 4. The van der Waals surface area contributed by atoms with E-state index in [1.807, 2.05) is 0 Å². The van der Waals surface area contributed by atoms with Gasteiger partial charge >= 0.3 is 0 Å². The number of primary amides is 2. The maximum atomic E-state index is 14.2. The summed E-state index contributed by atoms with van der Waals surface area (Å²) >= 11 is 0. The third-order valence-electron chi connectivity index (χ3n) is 14.2. The van der Waals surface area contributed by atoms with E-state index in [1.165, 1.54) is 36.1 Å². The molecule has 3 aromatic carbocycles. The van der Waals surface area contributed by atoms with Crippen molar-refractivity contribution in [1.82, 2.24) is 58.1 Å². The van der Waals surface area contributed by atoms with Gasteiger partial charge in [0.05, 0.1) is 45.4 Å². The number of hydrogen-bond donors (Lipinski definition) is 18. The van der Waals surface area contributed by atoms with Crippen molar-refractivity contribution in [2.24, 2.45) is 23.1 Å². The highest BCUT2D eigenvalue weighted by atomic mass is 16.3. The van der Waals surface area contributed by atoms with Gasteiger partial charge in [-0.3, -0.25) is 62.3 Å². The van der Waals surface area contributed by atoms with Crippen LogP contribution in [-0.2, 0) is 81.6 Å². The molecule has 3 aromatic rings. The molecule has 1 heterocycles. The Morgan fingerprint density at radius 3 is 1.49 bits per heavy atom. The lowest BCUT2D eigenvalue weighted by Gasteiger charge is -2.28. The Bertz CT molecular complexity index is 3010. The summed E-state index contributed by atoms with van der Waals surface area (Å²) in [6, 6.07) is 6.56. The molecule has 91 heavy (non-hydrogen) atoms. The smallest absolute Gasteiger partial charge is 0.245 e. The Balaban J connectivity index is 1.45. The van der Waals surface area contributed by atoms with Crippen molar-refractivity contribution in [3.05, 3.63) is 102 Å². The number of phenolic OH excluding ortho intramolecular Hbond substituents is 1. The summed E-state index contributed by atoms with van der Waals surface area (Å²) in [7, 11) is 0. The Kier molecular flexibility index (Phi) is 29.8. The molecule has 1 saturated heterocycles. The molecule has 496 valence electrons. The number of nitrogens with two attached hydrogens (primary N) is 3. The number of aromatic hydroxyl groups is 1. The third kappa shape index (κ3) is 24.4. The monoisotopic (exact) mass is 1270 g/mol. The van der Waals surface area contributed by atoms with E-state index in [0.717, 1.165) is 0 Å². The topological polar surface area (TPSA) is 525 Å². The molecule has 1 aliphatic heterocycles. The van der Waals surface area contributed by atoms with Gasteiger partial charge < -0.3 is 101 Å². The fraction of sp³-hybridized carbons (Fsp3) is 0.475. The number of nitrogens with one attached hydrogen (secondary N) is 10. The third-order valence-corrected chi connectivity index (χ3v) is 14.2. The second kappa shape index (κ2) is 36.8. The minimum Gasteiger partial charge on any atom is -0.508 e. The van der Waals surface area contributed by atoms with Gasteiger partial charge in [0, 0.05) is 25.8 Å². The lowest BCUT2D eigenvalue weighted by molar-refractivity contribution is -0.140. The lowest BCUT2D eigenvalue weighted by atomic mass is 10.0. The van der Waals surface area contributed by atoms with Gasteiger partial charge in [-0.15, -0.1) is 0 Å². The standard InChI is InChI=1S/C59H82N14O18/c1-31(2)21-39(56(88)72-49(32(3)77)59(91)66-38(50(62)82)22-33-11-6-4-7-12-33)65-47(80)26-63-52(84)43(29-75)70-55(87)42(25-46(61)79)68-53(85)40(23-34-13-8-5-9-14-34)67-57(89)44(30-76)71-54(86)41(24-35-16-18-36(78)19-17-35)69-58(90)45-15-10-20-73(45)48(81)27-64-51(83)37(60)28-74/h4-9,11-14,16-19,31-32,37-45,49,74-78H,10,15,20-30,60H2,1-3H3,(H2,61,79)(H2,62,82)(H,63,84)(H,64,83)(H,65,80)(H,66,91)(H,67,89)(H,68,85)(H,69,90)(H,70,87)(H,71,86)(H,72,88)/t32?,37-,38-,39-,40-,41-,42-,43-,44-,45-,49-/m0/s1. The van der Waals surface area contributed by atoms with Gasteiger partial charge in [-0.25, -0.2) is 0 Å². The quantitative estimate of drug-likeness (QED) is 0.0257. The first-order valence-electron chi connectivity index (χ1n) is 29.1. The molecule has 32 heteroatoms. The van der Waals surface area contributed by atoms with Crippen LogP contribution in [0, 0.1) is 5.92 Å². The van der Waals surface area contributed by atoms with Gasteiger partial charge in [0.25, 0.3) is 0 Å². The number of rotatable bonds is 36. The van der Waals surface area contributed by atoms with E-state index in [4.69, 9.17) is 17.2 Å². The molecule has 0 aliphatic carbocycles. The number of carbonyl (C=O) groups is 13. The van der Waals surface area contributed by atoms with Gasteiger partial charge in [-0.05, 0) is 60.9 Å². The maximum absolute atomic E-state index is 14.2. The van der Waals surface area contributed by atoms with E-state index in [2.05, 4.69) is 53.2 Å². The minimum absolute atomic E-state index is 0.00489. The molecule has 11 atom stereocenters. The summed E-state index contributed by atoms with van der Waals surface area (Å²) in [4.78, 5) is 175. The molecule has 0 spiro atoms. The van der Waals surface area contributed by atoms with E-state index in [9.17, 15) is 87.9 Å². The Labute approximate surface area is 523 Å². The van der Waals surface area contributed by atoms with E-state index in [1.54, 1.807) is 74.5 Å². The zero-order chi connectivity index (χ0) is 67.5. The second-order valence-electron chi connectivity index (χ2n) is 22.0. The largest absolute Gasteiger partial charge is 0.508 e. The van der Waals surface area contributed by atoms with Crippen molar-refractivity contribution >= 4 is 76.8 Å². The molecule has 0 saturated carbocycles. The lowest BCUT2D eigenvalue weighted by Crippen LogP contribution is -2.61. The summed E-state index contributed by atoms with van der Waals surface area (Å²) in [5.74, 6) is -13.4. The molecular weight excluding hydrogens is 1190 g/mol. The normalized spacial score (nSPS) is 16.0.